The molecule has 2 aromatic carbocycles. The molecule has 7 heteroatoms. The van der Waals surface area contributed by atoms with Crippen molar-refractivity contribution in [1.82, 2.24) is 10.2 Å². The molecule has 3 rings (SSSR count). The van der Waals surface area contributed by atoms with Gasteiger partial charge in [-0.3, -0.25) is 9.59 Å². The van der Waals surface area contributed by atoms with E-state index in [1.807, 2.05) is 6.92 Å². The number of nitrogens with zero attached hydrogens (tertiary/aromatic N) is 1. The van der Waals surface area contributed by atoms with Crippen molar-refractivity contribution < 1.29 is 23.1 Å². The van der Waals surface area contributed by atoms with E-state index in [-0.39, 0.29) is 30.4 Å². The summed E-state index contributed by atoms with van der Waals surface area (Å²) in [6, 6.07) is 10.3. The number of hydrogen-bond acceptors (Lipinski definition) is 3. The molecule has 0 saturated carbocycles. The molecular formula is C21H22F2N2O3. The van der Waals surface area contributed by atoms with Gasteiger partial charge in [-0.2, -0.15) is 0 Å². The minimum Gasteiger partial charge on any atom is -0.484 e. The molecular weight excluding hydrogens is 366 g/mol. The molecule has 0 spiro atoms. The maximum atomic E-state index is 13.5. The predicted octanol–water partition coefficient (Wildman–Crippen LogP) is 3.11. The Bertz CT molecular complexity index is 888. The number of ether oxygens (including phenoxy) is 1. The Morgan fingerprint density at radius 2 is 1.96 bits per heavy atom. The van der Waals surface area contributed by atoms with E-state index in [1.54, 1.807) is 35.2 Å². The molecule has 28 heavy (non-hydrogen) atoms. The number of amides is 2. The van der Waals surface area contributed by atoms with Crippen LogP contribution in [0, 0.1) is 11.6 Å². The normalized spacial score (nSPS) is 18.8. The zero-order chi connectivity index (χ0) is 20.3. The summed E-state index contributed by atoms with van der Waals surface area (Å²) in [5.41, 5.74) is 1.13. The molecule has 148 valence electrons. The van der Waals surface area contributed by atoms with Gasteiger partial charge in [0.1, 0.15) is 5.75 Å². The van der Waals surface area contributed by atoms with Gasteiger partial charge < -0.3 is 15.0 Å². The van der Waals surface area contributed by atoms with Gasteiger partial charge in [-0.15, -0.1) is 0 Å². The van der Waals surface area contributed by atoms with Gasteiger partial charge in [0.05, 0.1) is 0 Å². The molecule has 0 radical (unpaired) electrons. The van der Waals surface area contributed by atoms with E-state index in [0.717, 1.165) is 6.07 Å². The van der Waals surface area contributed by atoms with Crippen LogP contribution in [0.3, 0.4) is 0 Å². The SMILES string of the molecule is CNC(=O)c1cccc(OCC(=O)N2CCC(c3ccc(F)c(F)c3)C2C)c1. The highest BCUT2D eigenvalue weighted by Gasteiger charge is 2.35. The average Bonchev–Trinajstić information content (AvgIpc) is 3.09. The first-order valence-electron chi connectivity index (χ1n) is 9.10. The molecule has 0 aromatic heterocycles. The van der Waals surface area contributed by atoms with Gasteiger partial charge in [0.2, 0.25) is 0 Å². The molecule has 0 aliphatic carbocycles. The second-order valence-corrected chi connectivity index (χ2v) is 6.79. The van der Waals surface area contributed by atoms with Gasteiger partial charge in [0, 0.05) is 31.1 Å². The van der Waals surface area contributed by atoms with Crippen molar-refractivity contribution in [2.24, 2.45) is 0 Å². The van der Waals surface area contributed by atoms with Gasteiger partial charge in [0.15, 0.2) is 18.2 Å². The van der Waals surface area contributed by atoms with Gasteiger partial charge in [0.25, 0.3) is 11.8 Å². The number of likely N-dealkylation sites (tertiary alicyclic amines) is 1. The monoisotopic (exact) mass is 388 g/mol. The largest absolute Gasteiger partial charge is 0.484 e. The number of carbonyl (C=O) groups excluding carboxylic acids is 2. The van der Waals surface area contributed by atoms with Crippen molar-refractivity contribution in [3.63, 3.8) is 0 Å². The van der Waals surface area contributed by atoms with E-state index in [4.69, 9.17) is 4.74 Å². The Labute approximate surface area is 162 Å². The molecule has 1 fully saturated rings. The van der Waals surface area contributed by atoms with Crippen molar-refractivity contribution in [2.45, 2.75) is 25.3 Å². The van der Waals surface area contributed by atoms with Crippen LogP contribution in [0.15, 0.2) is 42.5 Å². The van der Waals surface area contributed by atoms with Crippen molar-refractivity contribution in [2.75, 3.05) is 20.2 Å². The Hall–Kier alpha value is -2.96. The molecule has 5 nitrogen and oxygen atoms in total. The first-order valence-corrected chi connectivity index (χ1v) is 9.10. The van der Waals surface area contributed by atoms with Gasteiger partial charge in [-0.05, 0) is 49.2 Å². The highest BCUT2D eigenvalue weighted by Crippen LogP contribution is 2.34. The third-order valence-corrected chi connectivity index (χ3v) is 5.13. The summed E-state index contributed by atoms with van der Waals surface area (Å²) < 4.78 is 32.3. The topological polar surface area (TPSA) is 58.6 Å². The van der Waals surface area contributed by atoms with Gasteiger partial charge in [-0.25, -0.2) is 8.78 Å². The van der Waals surface area contributed by atoms with Crippen LogP contribution < -0.4 is 10.1 Å². The molecule has 2 atom stereocenters. The first kappa shape index (κ1) is 19.8. The van der Waals surface area contributed by atoms with Crippen LogP contribution in [0.5, 0.6) is 5.75 Å². The molecule has 1 aliphatic heterocycles. The Balaban J connectivity index is 1.62. The fraction of sp³-hybridized carbons (Fsp3) is 0.333. The van der Waals surface area contributed by atoms with E-state index >= 15 is 0 Å². The number of halogens is 2. The van der Waals surface area contributed by atoms with Crippen molar-refractivity contribution in [3.05, 3.63) is 65.2 Å². The maximum absolute atomic E-state index is 13.5. The average molecular weight is 388 g/mol. The maximum Gasteiger partial charge on any atom is 0.260 e. The summed E-state index contributed by atoms with van der Waals surface area (Å²) in [4.78, 5) is 26.0. The van der Waals surface area contributed by atoms with Crippen molar-refractivity contribution >= 4 is 11.8 Å². The number of benzene rings is 2. The predicted molar refractivity (Wildman–Crippen MR) is 100 cm³/mol. The van der Waals surface area contributed by atoms with Crippen molar-refractivity contribution in [3.8, 4) is 5.75 Å². The number of rotatable bonds is 5. The number of carbonyl (C=O) groups is 2. The van der Waals surface area contributed by atoms with E-state index in [2.05, 4.69) is 5.32 Å². The number of nitrogens with one attached hydrogen (secondary N) is 1. The quantitative estimate of drug-likeness (QED) is 0.856. The molecule has 1 aliphatic rings. The van der Waals surface area contributed by atoms with E-state index in [1.165, 1.54) is 13.1 Å². The molecule has 1 heterocycles. The van der Waals surface area contributed by atoms with E-state index in [9.17, 15) is 18.4 Å². The molecule has 1 N–H and O–H groups in total. The first-order chi connectivity index (χ1) is 13.4. The molecule has 2 amide bonds. The fourth-order valence-corrected chi connectivity index (χ4v) is 3.58. The van der Waals surface area contributed by atoms with Crippen LogP contribution >= 0.6 is 0 Å². The second kappa shape index (κ2) is 8.37. The zero-order valence-corrected chi connectivity index (χ0v) is 15.7. The minimum absolute atomic E-state index is 0.0596. The third-order valence-electron chi connectivity index (χ3n) is 5.13. The highest BCUT2D eigenvalue weighted by molar-refractivity contribution is 5.94. The van der Waals surface area contributed by atoms with E-state index in [0.29, 0.717) is 29.8 Å². The molecule has 2 aromatic rings. The van der Waals surface area contributed by atoms with Gasteiger partial charge >= 0.3 is 0 Å². The summed E-state index contributed by atoms with van der Waals surface area (Å²) in [6.45, 7) is 2.25. The Kier molecular flexibility index (Phi) is 5.92. The van der Waals surface area contributed by atoms with E-state index < -0.39 is 11.6 Å². The van der Waals surface area contributed by atoms with Crippen LogP contribution in [-0.4, -0.2) is 43.0 Å². The summed E-state index contributed by atoms with van der Waals surface area (Å²) in [5.74, 6) is -1.82. The number of hydrogen-bond donors (Lipinski definition) is 1. The lowest BCUT2D eigenvalue weighted by molar-refractivity contribution is -0.134. The summed E-state index contributed by atoms with van der Waals surface area (Å²) in [7, 11) is 1.54. The van der Waals surface area contributed by atoms with Crippen LogP contribution in [0.25, 0.3) is 0 Å². The smallest absolute Gasteiger partial charge is 0.260 e. The van der Waals surface area contributed by atoms with Crippen LogP contribution in [0.1, 0.15) is 35.2 Å². The zero-order valence-electron chi connectivity index (χ0n) is 15.7. The Morgan fingerprint density at radius 3 is 2.68 bits per heavy atom. The molecule has 0 bridgehead atoms. The second-order valence-electron chi connectivity index (χ2n) is 6.79. The van der Waals surface area contributed by atoms with Crippen LogP contribution in [0.2, 0.25) is 0 Å². The standard InChI is InChI=1S/C21H22F2N2O3/c1-13-17(14-6-7-18(22)19(23)11-14)8-9-25(13)20(26)12-28-16-5-3-4-15(10-16)21(27)24-2/h3-7,10-11,13,17H,8-9,12H2,1-2H3,(H,24,27). The highest BCUT2D eigenvalue weighted by atomic mass is 19.2. The Morgan fingerprint density at radius 1 is 1.18 bits per heavy atom. The molecule has 2 unspecified atom stereocenters. The van der Waals surface area contributed by atoms with Crippen LogP contribution in [0.4, 0.5) is 8.78 Å². The summed E-state index contributed by atoms with van der Waals surface area (Å²) in [6.07, 6.45) is 0.671. The van der Waals surface area contributed by atoms with Crippen LogP contribution in [-0.2, 0) is 4.79 Å². The molecule has 1 saturated heterocycles. The third kappa shape index (κ3) is 4.13. The summed E-state index contributed by atoms with van der Waals surface area (Å²) in [5, 5.41) is 2.53. The fourth-order valence-electron chi connectivity index (χ4n) is 3.58. The lowest BCUT2D eigenvalue weighted by atomic mass is 9.92. The lowest BCUT2D eigenvalue weighted by Crippen LogP contribution is -2.38. The lowest BCUT2D eigenvalue weighted by Gasteiger charge is -2.25. The van der Waals surface area contributed by atoms with Crippen molar-refractivity contribution in [1.29, 1.82) is 0 Å². The summed E-state index contributed by atoms with van der Waals surface area (Å²) >= 11 is 0. The minimum atomic E-state index is -0.881. The van der Waals surface area contributed by atoms with Gasteiger partial charge in [-0.1, -0.05) is 12.1 Å².